The van der Waals surface area contributed by atoms with E-state index < -0.39 is 0 Å². The van der Waals surface area contributed by atoms with Crippen LogP contribution in [-0.2, 0) is 0 Å². The van der Waals surface area contributed by atoms with E-state index in [1.54, 1.807) is 0 Å². The van der Waals surface area contributed by atoms with Gasteiger partial charge in [-0.1, -0.05) is 140 Å². The van der Waals surface area contributed by atoms with Crippen LogP contribution in [0.1, 0.15) is 0 Å². The summed E-state index contributed by atoms with van der Waals surface area (Å²) in [6.07, 6.45) is 0. The summed E-state index contributed by atoms with van der Waals surface area (Å²) in [6.45, 7) is 0. The van der Waals surface area contributed by atoms with Crippen molar-refractivity contribution < 1.29 is 0 Å². The Morgan fingerprint density at radius 3 is 1.46 bits per heavy atom. The Bertz CT molecular complexity index is 2740. The molecule has 0 aliphatic rings. The number of fused-ring (bicyclic) bond motifs is 6. The molecule has 0 aliphatic carbocycles. The topological polar surface area (TPSA) is 35.6 Å². The molecule has 0 saturated heterocycles. The largest absolute Gasteiger partial charge is 0.308 e. The first-order valence-corrected chi connectivity index (χ1v) is 16.9. The zero-order valence-electron chi connectivity index (χ0n) is 27.1. The van der Waals surface area contributed by atoms with Crippen molar-refractivity contribution in [3.63, 3.8) is 0 Å². The molecule has 3 heterocycles. The second kappa shape index (κ2) is 11.4. The third kappa shape index (κ3) is 4.39. The molecular weight excluding hydrogens is 609 g/mol. The summed E-state index contributed by atoms with van der Waals surface area (Å²) < 4.78 is 4.82. The molecule has 0 spiro atoms. The van der Waals surface area contributed by atoms with E-state index in [0.29, 0.717) is 5.82 Å². The lowest BCUT2D eigenvalue weighted by Gasteiger charge is -2.18. The zero-order valence-corrected chi connectivity index (χ0v) is 27.1. The van der Waals surface area contributed by atoms with Crippen LogP contribution in [0.5, 0.6) is 0 Å². The Labute approximate surface area is 289 Å². The molecule has 10 aromatic rings. The Hall–Kier alpha value is -6.78. The maximum Gasteiger partial charge on any atom is 0.160 e. The molecule has 0 atom stereocenters. The SMILES string of the molecule is c1ccc(-c2cc(-c3c(-n4c5ccccc5c5ccccc54)ccc4c5ccccc5n(-c5ccccc5)c34)nc(-c3ccccc3)n2)cc1. The predicted molar refractivity (Wildman–Crippen MR) is 207 cm³/mol. The third-order valence-electron chi connectivity index (χ3n) is 9.73. The van der Waals surface area contributed by atoms with Crippen LogP contribution in [0, 0.1) is 0 Å². The van der Waals surface area contributed by atoms with Crippen LogP contribution in [0.4, 0.5) is 0 Å². The Morgan fingerprint density at radius 2 is 0.840 bits per heavy atom. The summed E-state index contributed by atoms with van der Waals surface area (Å²) >= 11 is 0. The Balaban J connectivity index is 1.42. The molecule has 4 nitrogen and oxygen atoms in total. The minimum absolute atomic E-state index is 0.689. The molecule has 0 unspecified atom stereocenters. The molecular formula is C46H30N4. The number of hydrogen-bond donors (Lipinski definition) is 0. The summed E-state index contributed by atoms with van der Waals surface area (Å²) in [5, 5.41) is 4.80. The van der Waals surface area contributed by atoms with E-state index in [0.717, 1.165) is 61.5 Å². The molecule has 3 aromatic heterocycles. The summed E-state index contributed by atoms with van der Waals surface area (Å²) in [6, 6.07) is 64.2. The van der Waals surface area contributed by atoms with Crippen LogP contribution in [-0.4, -0.2) is 19.1 Å². The van der Waals surface area contributed by atoms with Gasteiger partial charge in [0.1, 0.15) is 0 Å². The van der Waals surface area contributed by atoms with Gasteiger partial charge < -0.3 is 9.13 Å². The van der Waals surface area contributed by atoms with Gasteiger partial charge in [-0.25, -0.2) is 9.97 Å². The normalized spacial score (nSPS) is 11.6. The molecule has 10 rings (SSSR count). The van der Waals surface area contributed by atoms with Gasteiger partial charge in [0.2, 0.25) is 0 Å². The van der Waals surface area contributed by atoms with Crippen LogP contribution < -0.4 is 0 Å². The van der Waals surface area contributed by atoms with Crippen molar-refractivity contribution in [1.29, 1.82) is 0 Å². The highest BCUT2D eigenvalue weighted by Crippen LogP contribution is 2.44. The van der Waals surface area contributed by atoms with Gasteiger partial charge in [0, 0.05) is 43.9 Å². The van der Waals surface area contributed by atoms with Gasteiger partial charge in [0.25, 0.3) is 0 Å². The molecule has 0 bridgehead atoms. The molecule has 0 aliphatic heterocycles. The van der Waals surface area contributed by atoms with E-state index in [-0.39, 0.29) is 0 Å². The van der Waals surface area contributed by atoms with Gasteiger partial charge in [-0.05, 0) is 42.5 Å². The highest BCUT2D eigenvalue weighted by atomic mass is 15.0. The van der Waals surface area contributed by atoms with Crippen LogP contribution in [0.2, 0.25) is 0 Å². The van der Waals surface area contributed by atoms with E-state index in [1.165, 1.54) is 21.5 Å². The molecule has 7 aromatic carbocycles. The van der Waals surface area contributed by atoms with Crippen LogP contribution >= 0.6 is 0 Å². The van der Waals surface area contributed by atoms with Gasteiger partial charge in [-0.2, -0.15) is 0 Å². The van der Waals surface area contributed by atoms with Gasteiger partial charge in [0.15, 0.2) is 5.82 Å². The van der Waals surface area contributed by atoms with E-state index in [4.69, 9.17) is 9.97 Å². The third-order valence-corrected chi connectivity index (χ3v) is 9.73. The summed E-state index contributed by atoms with van der Waals surface area (Å²) in [4.78, 5) is 10.6. The Morgan fingerprint density at radius 1 is 0.360 bits per heavy atom. The minimum Gasteiger partial charge on any atom is -0.308 e. The molecule has 234 valence electrons. The van der Waals surface area contributed by atoms with Crippen molar-refractivity contribution in [2.45, 2.75) is 0 Å². The summed E-state index contributed by atoms with van der Waals surface area (Å²) in [5.74, 6) is 0.689. The smallest absolute Gasteiger partial charge is 0.160 e. The van der Waals surface area contributed by atoms with Crippen LogP contribution in [0.25, 0.3) is 88.9 Å². The van der Waals surface area contributed by atoms with Crippen LogP contribution in [0.15, 0.2) is 182 Å². The minimum atomic E-state index is 0.689. The van der Waals surface area contributed by atoms with E-state index in [9.17, 15) is 0 Å². The molecule has 0 amide bonds. The lowest BCUT2D eigenvalue weighted by Crippen LogP contribution is -2.04. The highest BCUT2D eigenvalue weighted by molar-refractivity contribution is 6.16. The first-order valence-electron chi connectivity index (χ1n) is 16.9. The number of rotatable bonds is 5. The van der Waals surface area contributed by atoms with Gasteiger partial charge in [-0.3, -0.25) is 0 Å². The number of para-hydroxylation sites is 4. The van der Waals surface area contributed by atoms with Crippen molar-refractivity contribution in [1.82, 2.24) is 19.1 Å². The molecule has 4 heteroatoms. The molecule has 0 fully saturated rings. The number of nitrogens with zero attached hydrogens (tertiary/aromatic N) is 4. The number of aromatic nitrogens is 4. The zero-order chi connectivity index (χ0) is 33.0. The maximum atomic E-state index is 5.45. The standard InChI is InChI=1S/C46H30N4/c1-4-16-31(17-5-1)38-30-39(48-46(47-38)32-18-6-2-7-19-32)44-43(50-41-26-14-10-22-34(41)35-23-11-15-27-42(35)50)29-28-37-36-24-12-13-25-40(36)49(45(37)44)33-20-8-3-9-21-33/h1-30H. The number of benzene rings is 7. The van der Waals surface area contributed by atoms with Gasteiger partial charge in [0.05, 0.1) is 39.1 Å². The van der Waals surface area contributed by atoms with Crippen molar-refractivity contribution >= 4 is 43.6 Å². The van der Waals surface area contributed by atoms with Crippen LogP contribution in [0.3, 0.4) is 0 Å². The second-order valence-electron chi connectivity index (χ2n) is 12.6. The van der Waals surface area contributed by atoms with Gasteiger partial charge in [-0.15, -0.1) is 0 Å². The molecule has 0 N–H and O–H groups in total. The van der Waals surface area contributed by atoms with E-state index in [2.05, 4.69) is 167 Å². The Kier molecular flexibility index (Phi) is 6.46. The molecule has 0 saturated carbocycles. The van der Waals surface area contributed by atoms with Crippen molar-refractivity contribution in [3.05, 3.63) is 182 Å². The fourth-order valence-corrected chi connectivity index (χ4v) is 7.56. The summed E-state index contributed by atoms with van der Waals surface area (Å²) in [5.41, 5.74) is 11.5. The quantitative estimate of drug-likeness (QED) is 0.188. The van der Waals surface area contributed by atoms with Crippen molar-refractivity contribution in [3.8, 4) is 45.3 Å². The first kappa shape index (κ1) is 28.3. The lowest BCUT2D eigenvalue weighted by molar-refractivity contribution is 1.14. The monoisotopic (exact) mass is 638 g/mol. The molecule has 0 radical (unpaired) electrons. The average Bonchev–Trinajstić information content (AvgIpc) is 3.71. The second-order valence-corrected chi connectivity index (χ2v) is 12.6. The number of hydrogen-bond acceptors (Lipinski definition) is 2. The first-order chi connectivity index (χ1) is 24.8. The van der Waals surface area contributed by atoms with E-state index >= 15 is 0 Å². The van der Waals surface area contributed by atoms with Crippen molar-refractivity contribution in [2.75, 3.05) is 0 Å². The van der Waals surface area contributed by atoms with Gasteiger partial charge >= 0.3 is 0 Å². The predicted octanol–water partition coefficient (Wildman–Crippen LogP) is 11.7. The fourth-order valence-electron chi connectivity index (χ4n) is 7.56. The highest BCUT2D eigenvalue weighted by Gasteiger charge is 2.24. The van der Waals surface area contributed by atoms with E-state index in [1.807, 2.05) is 24.3 Å². The van der Waals surface area contributed by atoms with Crippen molar-refractivity contribution in [2.24, 2.45) is 0 Å². The summed E-state index contributed by atoms with van der Waals surface area (Å²) in [7, 11) is 0. The lowest BCUT2D eigenvalue weighted by atomic mass is 10.0. The average molecular weight is 639 g/mol. The molecule has 50 heavy (non-hydrogen) atoms. The maximum absolute atomic E-state index is 5.45. The fraction of sp³-hybridized carbons (Fsp3) is 0.